The topological polar surface area (TPSA) is 99.7 Å². The summed E-state index contributed by atoms with van der Waals surface area (Å²) >= 11 is 1.05. The standard InChI is InChI=1S/C7H3N2O3S.C2H3N/c10-7-5-3-4(9(11)12)1-2-6(5)13-8-7;1-2-3/h1-3H;1H3. The number of nitrogens with zero attached hydrogens (tertiary/aromatic N) is 3. The molecule has 0 bridgehead atoms. The predicted octanol–water partition coefficient (Wildman–Crippen LogP) is 2.88. The Morgan fingerprint density at radius 2 is 2.19 bits per heavy atom. The summed E-state index contributed by atoms with van der Waals surface area (Å²) in [7, 11) is 0. The van der Waals surface area contributed by atoms with E-state index in [1.165, 1.54) is 25.1 Å². The van der Waals surface area contributed by atoms with Gasteiger partial charge in [-0.25, -0.2) is 0 Å². The zero-order chi connectivity index (χ0) is 12.1. The van der Waals surface area contributed by atoms with E-state index in [1.807, 2.05) is 0 Å². The van der Waals surface area contributed by atoms with Crippen LogP contribution in [0.5, 0.6) is 5.88 Å². The average Bonchev–Trinajstić information content (AvgIpc) is 2.61. The van der Waals surface area contributed by atoms with Crippen LogP contribution in [-0.4, -0.2) is 9.30 Å². The second-order valence-electron chi connectivity index (χ2n) is 2.65. The Bertz CT molecular complexity index is 559. The summed E-state index contributed by atoms with van der Waals surface area (Å²) in [5.74, 6) is -0.399. The second-order valence-corrected chi connectivity index (χ2v) is 3.45. The van der Waals surface area contributed by atoms with E-state index >= 15 is 0 Å². The molecule has 0 aliphatic carbocycles. The molecule has 0 atom stereocenters. The molecule has 2 aromatic rings. The highest BCUT2D eigenvalue weighted by Gasteiger charge is 2.11. The molecule has 2 rings (SSSR count). The predicted molar refractivity (Wildman–Crippen MR) is 57.7 cm³/mol. The number of aromatic nitrogens is 1. The molecule has 1 aromatic heterocycles. The van der Waals surface area contributed by atoms with Gasteiger partial charge in [-0.2, -0.15) is 9.64 Å². The molecule has 0 unspecified atom stereocenters. The Balaban J connectivity index is 0.000000386. The maximum absolute atomic E-state index is 11.0. The number of fused-ring (bicyclic) bond motifs is 1. The fourth-order valence-electron chi connectivity index (χ4n) is 1.02. The van der Waals surface area contributed by atoms with E-state index < -0.39 is 10.8 Å². The van der Waals surface area contributed by atoms with Crippen molar-refractivity contribution in [2.24, 2.45) is 0 Å². The minimum atomic E-state index is -0.531. The smallest absolute Gasteiger partial charge is 0.266 e. The molecule has 16 heavy (non-hydrogen) atoms. The third kappa shape index (κ3) is 2.43. The lowest BCUT2D eigenvalue weighted by molar-refractivity contribution is -0.384. The van der Waals surface area contributed by atoms with Crippen molar-refractivity contribution in [2.45, 2.75) is 6.92 Å². The summed E-state index contributed by atoms with van der Waals surface area (Å²) in [5.41, 5.74) is -0.0789. The van der Waals surface area contributed by atoms with Crippen molar-refractivity contribution in [2.75, 3.05) is 0 Å². The molecule has 0 spiro atoms. The molecule has 0 aliphatic rings. The molecule has 0 N–H and O–H groups in total. The summed E-state index contributed by atoms with van der Waals surface area (Å²) in [4.78, 5) is 9.83. The van der Waals surface area contributed by atoms with Gasteiger partial charge in [0.1, 0.15) is 0 Å². The highest BCUT2D eigenvalue weighted by atomic mass is 32.1. The van der Waals surface area contributed by atoms with Crippen LogP contribution in [0.1, 0.15) is 6.92 Å². The Kier molecular flexibility index (Phi) is 3.74. The van der Waals surface area contributed by atoms with Crippen LogP contribution in [0.3, 0.4) is 0 Å². The molecule has 0 aliphatic heterocycles. The highest BCUT2D eigenvalue weighted by molar-refractivity contribution is 7.13. The number of benzene rings is 1. The van der Waals surface area contributed by atoms with Gasteiger partial charge in [0, 0.05) is 19.1 Å². The number of rotatable bonds is 1. The van der Waals surface area contributed by atoms with Crippen molar-refractivity contribution >= 4 is 27.3 Å². The van der Waals surface area contributed by atoms with E-state index in [-0.39, 0.29) is 5.69 Å². The van der Waals surface area contributed by atoms with Crippen LogP contribution in [0.4, 0.5) is 5.69 Å². The molecule has 0 amide bonds. The van der Waals surface area contributed by atoms with Crippen molar-refractivity contribution in [1.29, 1.82) is 5.26 Å². The van der Waals surface area contributed by atoms with Crippen LogP contribution in [-0.2, 0) is 5.11 Å². The molecule has 0 saturated heterocycles. The van der Waals surface area contributed by atoms with Gasteiger partial charge in [0.15, 0.2) is 0 Å². The van der Waals surface area contributed by atoms with Gasteiger partial charge in [-0.3, -0.25) is 15.2 Å². The van der Waals surface area contributed by atoms with Crippen molar-refractivity contribution < 1.29 is 10.0 Å². The van der Waals surface area contributed by atoms with E-state index in [2.05, 4.69) is 4.37 Å². The van der Waals surface area contributed by atoms with Gasteiger partial charge < -0.3 is 0 Å². The largest absolute Gasteiger partial charge is 0.289 e. The summed E-state index contributed by atoms with van der Waals surface area (Å²) in [6, 6.07) is 5.90. The van der Waals surface area contributed by atoms with Gasteiger partial charge in [-0.15, -0.1) is 0 Å². The Labute approximate surface area is 94.7 Å². The minimum Gasteiger partial charge on any atom is -0.266 e. The van der Waals surface area contributed by atoms with Crippen molar-refractivity contribution in [1.82, 2.24) is 4.37 Å². The normalized spacial score (nSPS) is 9.00. The van der Waals surface area contributed by atoms with E-state index in [0.717, 1.165) is 11.5 Å². The Hall–Kier alpha value is -2.20. The lowest BCUT2D eigenvalue weighted by Crippen LogP contribution is -1.85. The van der Waals surface area contributed by atoms with Crippen molar-refractivity contribution in [3.63, 3.8) is 0 Å². The number of hydrogen-bond acceptors (Lipinski definition) is 5. The first-order valence-electron chi connectivity index (χ1n) is 4.11. The maximum Gasteiger partial charge on any atom is 0.289 e. The fourth-order valence-corrected chi connectivity index (χ4v) is 1.67. The number of nitro benzene ring substituents is 1. The lowest BCUT2D eigenvalue weighted by Gasteiger charge is -1.89. The summed E-state index contributed by atoms with van der Waals surface area (Å²) in [6.45, 7) is 1.43. The van der Waals surface area contributed by atoms with Gasteiger partial charge in [0.25, 0.3) is 11.6 Å². The molecular formula is C9H6N3O3S. The third-order valence-corrected chi connectivity index (χ3v) is 2.44. The average molecular weight is 236 g/mol. The van der Waals surface area contributed by atoms with Crippen LogP contribution in [0.2, 0.25) is 0 Å². The minimum absolute atomic E-state index is 0.0789. The zero-order valence-electron chi connectivity index (χ0n) is 8.21. The molecule has 1 aromatic carbocycles. The molecule has 81 valence electrons. The number of non-ortho nitro benzene ring substituents is 1. The van der Waals surface area contributed by atoms with Crippen LogP contribution < -0.4 is 0 Å². The highest BCUT2D eigenvalue weighted by Crippen LogP contribution is 2.30. The van der Waals surface area contributed by atoms with Crippen LogP contribution in [0.25, 0.3) is 10.1 Å². The van der Waals surface area contributed by atoms with E-state index in [0.29, 0.717) is 10.1 Å². The van der Waals surface area contributed by atoms with Gasteiger partial charge in [-0.1, -0.05) is 0 Å². The van der Waals surface area contributed by atoms with Crippen molar-refractivity contribution in [3.8, 4) is 11.9 Å². The van der Waals surface area contributed by atoms with Crippen molar-refractivity contribution in [3.05, 3.63) is 28.3 Å². The first-order valence-corrected chi connectivity index (χ1v) is 4.89. The first-order chi connectivity index (χ1) is 7.60. The SMILES string of the molecule is CC#N.[O]c1nsc2ccc([N+](=O)[O-])cc12. The number of nitriles is 1. The Morgan fingerprint density at radius 3 is 2.75 bits per heavy atom. The van der Waals surface area contributed by atoms with E-state index in [9.17, 15) is 15.2 Å². The third-order valence-electron chi connectivity index (χ3n) is 1.63. The molecular weight excluding hydrogens is 230 g/mol. The van der Waals surface area contributed by atoms with Gasteiger partial charge in [-0.05, 0) is 17.6 Å². The quantitative estimate of drug-likeness (QED) is 0.561. The molecule has 6 nitrogen and oxygen atoms in total. The van der Waals surface area contributed by atoms with E-state index in [4.69, 9.17) is 5.26 Å². The Morgan fingerprint density at radius 1 is 1.56 bits per heavy atom. The molecule has 0 fully saturated rings. The maximum atomic E-state index is 11.0. The summed E-state index contributed by atoms with van der Waals surface area (Å²) in [6.07, 6.45) is 0. The second kappa shape index (κ2) is 5.04. The van der Waals surface area contributed by atoms with Gasteiger partial charge >= 0.3 is 0 Å². The summed E-state index contributed by atoms with van der Waals surface area (Å²) in [5, 5.41) is 29.0. The summed E-state index contributed by atoms with van der Waals surface area (Å²) < 4.78 is 4.24. The van der Waals surface area contributed by atoms with Gasteiger partial charge in [0.05, 0.1) is 21.1 Å². The zero-order valence-corrected chi connectivity index (χ0v) is 9.02. The molecule has 1 radical (unpaired) electrons. The van der Waals surface area contributed by atoms with E-state index in [1.54, 1.807) is 6.07 Å². The van der Waals surface area contributed by atoms with Crippen LogP contribution in [0, 0.1) is 21.4 Å². The number of nitro groups is 1. The molecule has 7 heteroatoms. The number of hydrogen-bond donors (Lipinski definition) is 0. The fraction of sp³-hybridized carbons (Fsp3) is 0.111. The lowest BCUT2D eigenvalue weighted by atomic mass is 10.2. The molecule has 0 saturated carbocycles. The van der Waals surface area contributed by atoms with Crippen LogP contribution in [0.15, 0.2) is 18.2 Å². The molecule has 1 heterocycles. The van der Waals surface area contributed by atoms with Gasteiger partial charge in [0.2, 0.25) is 0 Å². The van der Waals surface area contributed by atoms with Crippen LogP contribution >= 0.6 is 11.5 Å². The monoisotopic (exact) mass is 236 g/mol. The first kappa shape index (κ1) is 11.9.